The highest BCUT2D eigenvalue weighted by Gasteiger charge is 2.21. The fourth-order valence-corrected chi connectivity index (χ4v) is 1.37. The second-order valence-electron chi connectivity index (χ2n) is 4.86. The minimum atomic E-state index is 0.0821. The van der Waals surface area contributed by atoms with E-state index in [4.69, 9.17) is 4.74 Å². The van der Waals surface area contributed by atoms with Crippen molar-refractivity contribution in [3.63, 3.8) is 0 Å². The zero-order valence-corrected chi connectivity index (χ0v) is 9.03. The SMILES string of the molecule is CC(C)(C)c1cn(CC2CCO2)nn1. The molecule has 1 aliphatic heterocycles. The van der Waals surface area contributed by atoms with Crippen LogP contribution >= 0.6 is 0 Å². The van der Waals surface area contributed by atoms with Gasteiger partial charge in [-0.2, -0.15) is 0 Å². The summed E-state index contributed by atoms with van der Waals surface area (Å²) in [6.45, 7) is 8.15. The van der Waals surface area contributed by atoms with E-state index in [1.165, 1.54) is 0 Å². The summed E-state index contributed by atoms with van der Waals surface area (Å²) in [6, 6.07) is 0. The third-order valence-electron chi connectivity index (χ3n) is 2.49. The highest BCUT2D eigenvalue weighted by atomic mass is 16.5. The van der Waals surface area contributed by atoms with Crippen molar-refractivity contribution >= 4 is 0 Å². The lowest BCUT2D eigenvalue weighted by Gasteiger charge is -2.25. The topological polar surface area (TPSA) is 39.9 Å². The van der Waals surface area contributed by atoms with Crippen LogP contribution in [-0.4, -0.2) is 27.7 Å². The molecule has 1 saturated heterocycles. The van der Waals surface area contributed by atoms with E-state index in [1.54, 1.807) is 0 Å². The number of aromatic nitrogens is 3. The number of ether oxygens (including phenoxy) is 1. The van der Waals surface area contributed by atoms with Crippen LogP contribution in [0.4, 0.5) is 0 Å². The summed E-state index contributed by atoms with van der Waals surface area (Å²) in [5.74, 6) is 0. The maximum atomic E-state index is 5.34. The molecule has 0 amide bonds. The predicted molar refractivity (Wildman–Crippen MR) is 53.1 cm³/mol. The van der Waals surface area contributed by atoms with E-state index in [1.807, 2.05) is 10.9 Å². The molecule has 0 aromatic carbocycles. The molecule has 0 bridgehead atoms. The van der Waals surface area contributed by atoms with Gasteiger partial charge in [0.1, 0.15) is 0 Å². The first-order valence-corrected chi connectivity index (χ1v) is 5.08. The van der Waals surface area contributed by atoms with Crippen molar-refractivity contribution in [3.8, 4) is 0 Å². The highest BCUT2D eigenvalue weighted by molar-refractivity contribution is 5.06. The van der Waals surface area contributed by atoms with Crippen molar-refractivity contribution < 1.29 is 4.74 Å². The van der Waals surface area contributed by atoms with Crippen LogP contribution < -0.4 is 0 Å². The van der Waals surface area contributed by atoms with Crippen LogP contribution in [0.25, 0.3) is 0 Å². The molecule has 1 aromatic heterocycles. The monoisotopic (exact) mass is 195 g/mol. The van der Waals surface area contributed by atoms with E-state index >= 15 is 0 Å². The Kier molecular flexibility index (Phi) is 2.31. The van der Waals surface area contributed by atoms with Gasteiger partial charge in [-0.3, -0.25) is 0 Å². The fourth-order valence-electron chi connectivity index (χ4n) is 1.37. The van der Waals surface area contributed by atoms with Gasteiger partial charge >= 0.3 is 0 Å². The number of rotatable bonds is 2. The molecule has 1 atom stereocenters. The zero-order chi connectivity index (χ0) is 10.2. The lowest BCUT2D eigenvalue weighted by Crippen LogP contribution is -2.31. The smallest absolute Gasteiger partial charge is 0.0880 e. The average molecular weight is 195 g/mol. The van der Waals surface area contributed by atoms with Crippen LogP contribution in [0.2, 0.25) is 0 Å². The van der Waals surface area contributed by atoms with Crippen LogP contribution in [0.1, 0.15) is 32.9 Å². The summed E-state index contributed by atoms with van der Waals surface area (Å²) < 4.78 is 7.22. The summed E-state index contributed by atoms with van der Waals surface area (Å²) in [6.07, 6.45) is 3.51. The molecule has 0 saturated carbocycles. The first-order chi connectivity index (χ1) is 6.55. The summed E-state index contributed by atoms with van der Waals surface area (Å²) >= 11 is 0. The Bertz CT molecular complexity index is 309. The molecule has 1 aromatic rings. The lowest BCUT2D eigenvalue weighted by molar-refractivity contribution is -0.0611. The molecular weight excluding hydrogens is 178 g/mol. The summed E-state index contributed by atoms with van der Waals surface area (Å²) in [7, 11) is 0. The summed E-state index contributed by atoms with van der Waals surface area (Å²) in [4.78, 5) is 0. The molecule has 4 heteroatoms. The summed E-state index contributed by atoms with van der Waals surface area (Å²) in [5, 5.41) is 8.25. The van der Waals surface area contributed by atoms with Crippen LogP contribution in [0.5, 0.6) is 0 Å². The standard InChI is InChI=1S/C10H17N3O/c1-10(2,3)9-7-13(12-11-9)6-8-4-5-14-8/h7-8H,4-6H2,1-3H3. The normalized spacial score (nSPS) is 22.1. The minimum absolute atomic E-state index is 0.0821. The number of hydrogen-bond donors (Lipinski definition) is 0. The van der Waals surface area contributed by atoms with Crippen LogP contribution in [-0.2, 0) is 16.7 Å². The van der Waals surface area contributed by atoms with Gasteiger partial charge in [0.15, 0.2) is 0 Å². The van der Waals surface area contributed by atoms with Gasteiger partial charge in [0.2, 0.25) is 0 Å². The van der Waals surface area contributed by atoms with Crippen molar-refractivity contribution in [1.82, 2.24) is 15.0 Å². The Morgan fingerprint density at radius 1 is 1.57 bits per heavy atom. The van der Waals surface area contributed by atoms with E-state index in [9.17, 15) is 0 Å². The second kappa shape index (κ2) is 3.35. The third-order valence-corrected chi connectivity index (χ3v) is 2.49. The lowest BCUT2D eigenvalue weighted by atomic mass is 9.93. The van der Waals surface area contributed by atoms with Crippen molar-refractivity contribution in [1.29, 1.82) is 0 Å². The third kappa shape index (κ3) is 1.95. The van der Waals surface area contributed by atoms with Crippen LogP contribution in [0, 0.1) is 0 Å². The first-order valence-electron chi connectivity index (χ1n) is 5.08. The Hall–Kier alpha value is -0.900. The largest absolute Gasteiger partial charge is 0.376 e. The second-order valence-corrected chi connectivity index (χ2v) is 4.86. The van der Waals surface area contributed by atoms with Gasteiger partial charge in [0.25, 0.3) is 0 Å². The maximum Gasteiger partial charge on any atom is 0.0880 e. The van der Waals surface area contributed by atoms with Gasteiger partial charge in [-0.25, -0.2) is 4.68 Å². The van der Waals surface area contributed by atoms with Crippen molar-refractivity contribution in [2.45, 2.75) is 45.3 Å². The predicted octanol–water partition coefficient (Wildman–Crippen LogP) is 1.36. The van der Waals surface area contributed by atoms with Gasteiger partial charge in [0, 0.05) is 18.2 Å². The molecule has 4 nitrogen and oxygen atoms in total. The minimum Gasteiger partial charge on any atom is -0.376 e. The van der Waals surface area contributed by atoms with Crippen LogP contribution in [0.3, 0.4) is 0 Å². The van der Waals surface area contributed by atoms with Crippen molar-refractivity contribution in [2.24, 2.45) is 0 Å². The molecule has 14 heavy (non-hydrogen) atoms. The van der Waals surface area contributed by atoms with Crippen molar-refractivity contribution in [2.75, 3.05) is 6.61 Å². The Morgan fingerprint density at radius 2 is 2.29 bits per heavy atom. The molecule has 2 heterocycles. The molecule has 0 N–H and O–H groups in total. The van der Waals surface area contributed by atoms with Gasteiger partial charge in [-0.05, 0) is 6.42 Å². The number of nitrogens with zero attached hydrogens (tertiary/aromatic N) is 3. The van der Waals surface area contributed by atoms with Gasteiger partial charge in [-0.15, -0.1) is 5.10 Å². The molecular formula is C10H17N3O. The Balaban J connectivity index is 2.02. The molecule has 78 valence electrons. The van der Waals surface area contributed by atoms with E-state index in [0.717, 1.165) is 25.3 Å². The Morgan fingerprint density at radius 3 is 2.71 bits per heavy atom. The average Bonchev–Trinajstić information content (AvgIpc) is 2.43. The molecule has 1 fully saturated rings. The highest BCUT2D eigenvalue weighted by Crippen LogP contribution is 2.19. The zero-order valence-electron chi connectivity index (χ0n) is 9.03. The maximum absolute atomic E-state index is 5.34. The Labute approximate surface area is 84.3 Å². The molecule has 1 unspecified atom stereocenters. The van der Waals surface area contributed by atoms with E-state index in [-0.39, 0.29) is 5.41 Å². The van der Waals surface area contributed by atoms with E-state index in [2.05, 4.69) is 31.1 Å². The number of hydrogen-bond acceptors (Lipinski definition) is 3. The molecule has 0 radical (unpaired) electrons. The molecule has 0 spiro atoms. The van der Waals surface area contributed by atoms with Crippen molar-refractivity contribution in [3.05, 3.63) is 11.9 Å². The summed E-state index contributed by atoms with van der Waals surface area (Å²) in [5.41, 5.74) is 1.12. The molecule has 1 aliphatic rings. The fraction of sp³-hybridized carbons (Fsp3) is 0.800. The van der Waals surface area contributed by atoms with Gasteiger partial charge in [0.05, 0.1) is 18.3 Å². The van der Waals surface area contributed by atoms with Gasteiger partial charge < -0.3 is 4.74 Å². The van der Waals surface area contributed by atoms with Gasteiger partial charge in [-0.1, -0.05) is 26.0 Å². The van der Waals surface area contributed by atoms with E-state index < -0.39 is 0 Å². The van der Waals surface area contributed by atoms with E-state index in [0.29, 0.717) is 6.10 Å². The molecule has 0 aliphatic carbocycles. The quantitative estimate of drug-likeness (QED) is 0.715. The first kappa shape index (κ1) is 9.65. The van der Waals surface area contributed by atoms with Crippen LogP contribution in [0.15, 0.2) is 6.20 Å². The molecule has 2 rings (SSSR count).